The molecule has 0 aromatic carbocycles. The lowest BCUT2D eigenvalue weighted by Gasteiger charge is -2.09. The maximum absolute atomic E-state index is 12.8. The van der Waals surface area contributed by atoms with E-state index in [1.807, 2.05) is 0 Å². The number of aryl methyl sites for hydroxylation is 1. The van der Waals surface area contributed by atoms with Crippen LogP contribution in [0.25, 0.3) is 5.82 Å². The van der Waals surface area contributed by atoms with Crippen molar-refractivity contribution >= 4 is 6.29 Å². The van der Waals surface area contributed by atoms with Crippen molar-refractivity contribution in [3.05, 3.63) is 39.7 Å². The Labute approximate surface area is 123 Å². The number of halogens is 6. The molecule has 0 aliphatic carbocycles. The highest BCUT2D eigenvalue weighted by Gasteiger charge is 2.39. The molecular formula is C11H6F6N4O2. The summed E-state index contributed by atoms with van der Waals surface area (Å²) in [4.78, 5) is 25.7. The second kappa shape index (κ2) is 5.21. The lowest BCUT2D eigenvalue weighted by atomic mass is 10.2. The smallest absolute Gasteiger partial charge is 0.298 e. The van der Waals surface area contributed by atoms with Gasteiger partial charge in [0.2, 0.25) is 0 Å². The topological polar surface area (TPSA) is 69.8 Å². The molecule has 23 heavy (non-hydrogen) atoms. The number of nitrogens with zero attached hydrogens (tertiary/aromatic N) is 4. The van der Waals surface area contributed by atoms with E-state index in [1.165, 1.54) is 0 Å². The summed E-state index contributed by atoms with van der Waals surface area (Å²) in [6.07, 6.45) is -9.67. The summed E-state index contributed by atoms with van der Waals surface area (Å²) in [5, 5.41) is 3.09. The maximum Gasteiger partial charge on any atom is 0.435 e. The fourth-order valence-electron chi connectivity index (χ4n) is 1.85. The molecule has 0 saturated carbocycles. The van der Waals surface area contributed by atoms with Crippen molar-refractivity contribution in [3.8, 4) is 5.82 Å². The van der Waals surface area contributed by atoms with Crippen molar-refractivity contribution in [3.63, 3.8) is 0 Å². The zero-order chi connectivity index (χ0) is 17.6. The van der Waals surface area contributed by atoms with Crippen molar-refractivity contribution in [2.24, 2.45) is 7.05 Å². The molecule has 0 atom stereocenters. The Morgan fingerprint density at radius 3 is 2.17 bits per heavy atom. The third kappa shape index (κ3) is 2.96. The van der Waals surface area contributed by atoms with Crippen molar-refractivity contribution in [1.29, 1.82) is 0 Å². The SMILES string of the molecule is Cn1nc(C(F)(F)F)c(C=O)c1-n1cnc(C(F)(F)F)cc1=O. The lowest BCUT2D eigenvalue weighted by Crippen LogP contribution is -2.24. The zero-order valence-corrected chi connectivity index (χ0v) is 11.1. The van der Waals surface area contributed by atoms with Crippen LogP contribution < -0.4 is 5.56 Å². The van der Waals surface area contributed by atoms with Crippen LogP contribution in [0.3, 0.4) is 0 Å². The molecule has 0 aliphatic heterocycles. The molecule has 12 heteroatoms. The van der Waals surface area contributed by atoms with Crippen LogP contribution in [0.1, 0.15) is 21.7 Å². The summed E-state index contributed by atoms with van der Waals surface area (Å²) < 4.78 is 76.6. The van der Waals surface area contributed by atoms with Crippen LogP contribution in [-0.2, 0) is 19.4 Å². The summed E-state index contributed by atoms with van der Waals surface area (Å²) in [7, 11) is 1.00. The summed E-state index contributed by atoms with van der Waals surface area (Å²) in [5.74, 6) is -0.640. The van der Waals surface area contributed by atoms with Gasteiger partial charge in [-0.05, 0) is 0 Å². The van der Waals surface area contributed by atoms with Gasteiger partial charge in [-0.2, -0.15) is 31.4 Å². The predicted octanol–water partition coefficient (Wildman–Crippen LogP) is 1.82. The van der Waals surface area contributed by atoms with Crippen LogP contribution in [0.15, 0.2) is 17.2 Å². The van der Waals surface area contributed by atoms with E-state index in [4.69, 9.17) is 0 Å². The molecule has 124 valence electrons. The average Bonchev–Trinajstić information content (AvgIpc) is 2.74. The van der Waals surface area contributed by atoms with E-state index in [0.29, 0.717) is 15.6 Å². The van der Waals surface area contributed by atoms with Crippen LogP contribution in [0, 0.1) is 0 Å². The van der Waals surface area contributed by atoms with Crippen LogP contribution >= 0.6 is 0 Å². The third-order valence-corrected chi connectivity index (χ3v) is 2.77. The van der Waals surface area contributed by atoms with Crippen LogP contribution in [-0.4, -0.2) is 25.6 Å². The molecule has 0 radical (unpaired) electrons. The fraction of sp³-hybridized carbons (Fsp3) is 0.273. The molecule has 6 nitrogen and oxygen atoms in total. The second-order valence-corrected chi connectivity index (χ2v) is 4.31. The lowest BCUT2D eigenvalue weighted by molar-refractivity contribution is -0.142. The van der Waals surface area contributed by atoms with Crippen molar-refractivity contribution < 1.29 is 31.1 Å². The largest absolute Gasteiger partial charge is 0.435 e. The number of aromatic nitrogens is 4. The number of carbonyl (C=O) groups is 1. The fourth-order valence-corrected chi connectivity index (χ4v) is 1.85. The van der Waals surface area contributed by atoms with Crippen molar-refractivity contribution in [2.75, 3.05) is 0 Å². The number of carbonyl (C=O) groups excluding carboxylic acids is 1. The van der Waals surface area contributed by atoms with E-state index in [0.717, 1.165) is 7.05 Å². The first-order chi connectivity index (χ1) is 10.5. The highest BCUT2D eigenvalue weighted by Crippen LogP contribution is 2.32. The first kappa shape index (κ1) is 16.7. The molecule has 0 saturated heterocycles. The van der Waals surface area contributed by atoms with Crippen molar-refractivity contribution in [2.45, 2.75) is 12.4 Å². The number of aldehydes is 1. The Morgan fingerprint density at radius 2 is 1.74 bits per heavy atom. The van der Waals surface area contributed by atoms with E-state index < -0.39 is 40.7 Å². The van der Waals surface area contributed by atoms with Gasteiger partial charge < -0.3 is 0 Å². The molecule has 0 aliphatic rings. The van der Waals surface area contributed by atoms with Gasteiger partial charge >= 0.3 is 12.4 Å². The average molecular weight is 340 g/mol. The number of hydrogen-bond donors (Lipinski definition) is 0. The normalized spacial score (nSPS) is 12.5. The highest BCUT2D eigenvalue weighted by molar-refractivity contribution is 5.82. The minimum Gasteiger partial charge on any atom is -0.298 e. The first-order valence-corrected chi connectivity index (χ1v) is 5.72. The first-order valence-electron chi connectivity index (χ1n) is 5.72. The molecule has 0 fully saturated rings. The van der Waals surface area contributed by atoms with E-state index in [-0.39, 0.29) is 12.4 Å². The Balaban J connectivity index is 2.71. The van der Waals surface area contributed by atoms with Gasteiger partial charge in [-0.1, -0.05) is 0 Å². The monoisotopic (exact) mass is 340 g/mol. The van der Waals surface area contributed by atoms with Gasteiger partial charge in [0, 0.05) is 13.1 Å². The van der Waals surface area contributed by atoms with E-state index in [2.05, 4.69) is 10.1 Å². The maximum atomic E-state index is 12.8. The van der Waals surface area contributed by atoms with Crippen LogP contribution in [0.2, 0.25) is 0 Å². The zero-order valence-electron chi connectivity index (χ0n) is 11.1. The summed E-state index contributed by atoms with van der Waals surface area (Å²) in [6, 6.07) is 0.106. The van der Waals surface area contributed by atoms with E-state index >= 15 is 0 Å². The molecule has 2 aromatic rings. The van der Waals surface area contributed by atoms with Crippen LogP contribution in [0.4, 0.5) is 26.3 Å². The standard InChI is InChI=1S/C11H6F6N4O2/c1-20-9(5(3-22)8(19-20)11(15,16)17)21-4-18-6(2-7(21)23)10(12,13)14/h2-4H,1H3. The van der Waals surface area contributed by atoms with E-state index in [1.54, 1.807) is 0 Å². The van der Waals surface area contributed by atoms with Crippen LogP contribution in [0.5, 0.6) is 0 Å². The Morgan fingerprint density at radius 1 is 1.13 bits per heavy atom. The molecular weight excluding hydrogens is 334 g/mol. The van der Waals surface area contributed by atoms with Gasteiger partial charge in [-0.25, -0.2) is 4.98 Å². The number of alkyl halides is 6. The molecule has 0 spiro atoms. The highest BCUT2D eigenvalue weighted by atomic mass is 19.4. The molecule has 2 aromatic heterocycles. The van der Waals surface area contributed by atoms with E-state index in [9.17, 15) is 35.9 Å². The Bertz CT molecular complexity index is 817. The minimum absolute atomic E-state index is 0.106. The quantitative estimate of drug-likeness (QED) is 0.618. The van der Waals surface area contributed by atoms with Gasteiger partial charge in [0.15, 0.2) is 17.7 Å². The molecule has 2 heterocycles. The molecule has 0 bridgehead atoms. The summed E-state index contributed by atoms with van der Waals surface area (Å²) in [5.41, 5.74) is -5.36. The summed E-state index contributed by atoms with van der Waals surface area (Å²) in [6.45, 7) is 0. The number of rotatable bonds is 2. The Kier molecular flexibility index (Phi) is 3.78. The Hall–Kier alpha value is -2.66. The number of hydrogen-bond acceptors (Lipinski definition) is 4. The molecule has 0 N–H and O–H groups in total. The third-order valence-electron chi connectivity index (χ3n) is 2.77. The second-order valence-electron chi connectivity index (χ2n) is 4.31. The molecule has 0 unspecified atom stereocenters. The van der Waals surface area contributed by atoms with Gasteiger partial charge in [0.25, 0.3) is 5.56 Å². The summed E-state index contributed by atoms with van der Waals surface area (Å²) >= 11 is 0. The molecule has 0 amide bonds. The molecule has 2 rings (SSSR count). The van der Waals surface area contributed by atoms with Gasteiger partial charge in [-0.15, -0.1) is 0 Å². The van der Waals surface area contributed by atoms with Gasteiger partial charge in [0.05, 0.1) is 5.56 Å². The minimum atomic E-state index is -4.98. The van der Waals surface area contributed by atoms with Gasteiger partial charge in [0.1, 0.15) is 12.1 Å². The van der Waals surface area contributed by atoms with Gasteiger partial charge in [-0.3, -0.25) is 18.8 Å². The van der Waals surface area contributed by atoms with Crippen molar-refractivity contribution in [1.82, 2.24) is 19.3 Å². The predicted molar refractivity (Wildman–Crippen MR) is 62.0 cm³/mol.